The van der Waals surface area contributed by atoms with Gasteiger partial charge in [0.25, 0.3) is 0 Å². The van der Waals surface area contributed by atoms with E-state index in [1.807, 2.05) is 31.2 Å². The molecule has 0 aliphatic rings. The van der Waals surface area contributed by atoms with Crippen LogP contribution in [0, 0.1) is 5.92 Å². The summed E-state index contributed by atoms with van der Waals surface area (Å²) in [5, 5.41) is 0.739. The minimum Gasteiger partial charge on any atom is -0.381 e. The molecule has 102 valence electrons. The van der Waals surface area contributed by atoms with Crippen LogP contribution in [0.25, 0.3) is 0 Å². The molecular weight excluding hydrogens is 246 g/mol. The number of nitrogens with two attached hydrogens (primary N) is 1. The molecule has 1 aromatic rings. The van der Waals surface area contributed by atoms with Crippen LogP contribution in [-0.4, -0.2) is 13.2 Å². The first-order valence-corrected chi connectivity index (χ1v) is 6.92. The lowest BCUT2D eigenvalue weighted by atomic mass is 9.90. The smallest absolute Gasteiger partial charge is 0.0486 e. The van der Waals surface area contributed by atoms with Crippen molar-refractivity contribution in [2.24, 2.45) is 11.7 Å². The van der Waals surface area contributed by atoms with E-state index in [1.165, 1.54) is 0 Å². The third-order valence-electron chi connectivity index (χ3n) is 3.11. The first-order valence-electron chi connectivity index (χ1n) is 6.54. The van der Waals surface area contributed by atoms with Gasteiger partial charge in [-0.05, 0) is 43.4 Å². The molecule has 0 heterocycles. The Morgan fingerprint density at radius 3 is 2.39 bits per heavy atom. The minimum atomic E-state index is -0.359. The van der Waals surface area contributed by atoms with Gasteiger partial charge < -0.3 is 10.5 Å². The second-order valence-electron chi connectivity index (χ2n) is 5.47. The second kappa shape index (κ2) is 7.13. The van der Waals surface area contributed by atoms with E-state index in [-0.39, 0.29) is 5.54 Å². The summed E-state index contributed by atoms with van der Waals surface area (Å²) in [5.41, 5.74) is 7.04. The fourth-order valence-corrected chi connectivity index (χ4v) is 1.81. The number of rotatable bonds is 7. The minimum absolute atomic E-state index is 0.359. The van der Waals surface area contributed by atoms with Crippen molar-refractivity contribution in [3.8, 4) is 0 Å². The Kier molecular flexibility index (Phi) is 6.13. The Balaban J connectivity index is 2.37. The van der Waals surface area contributed by atoms with Crippen molar-refractivity contribution in [2.75, 3.05) is 13.2 Å². The van der Waals surface area contributed by atoms with Gasteiger partial charge in [-0.25, -0.2) is 0 Å². The summed E-state index contributed by atoms with van der Waals surface area (Å²) in [4.78, 5) is 0. The average Bonchev–Trinajstić information content (AvgIpc) is 2.28. The van der Waals surface area contributed by atoms with E-state index in [0.717, 1.165) is 30.0 Å². The van der Waals surface area contributed by atoms with Crippen molar-refractivity contribution in [2.45, 2.75) is 39.2 Å². The lowest BCUT2D eigenvalue weighted by molar-refractivity contribution is 0.107. The highest BCUT2D eigenvalue weighted by Crippen LogP contribution is 2.23. The summed E-state index contributed by atoms with van der Waals surface area (Å²) < 4.78 is 5.62. The lowest BCUT2D eigenvalue weighted by Crippen LogP contribution is -2.34. The Hall–Kier alpha value is -0.570. The van der Waals surface area contributed by atoms with Gasteiger partial charge in [0.1, 0.15) is 0 Å². The van der Waals surface area contributed by atoms with Gasteiger partial charge in [-0.1, -0.05) is 37.6 Å². The van der Waals surface area contributed by atoms with Gasteiger partial charge in [-0.3, -0.25) is 0 Å². The molecule has 0 saturated heterocycles. The zero-order valence-electron chi connectivity index (χ0n) is 11.6. The highest BCUT2D eigenvalue weighted by molar-refractivity contribution is 6.30. The molecule has 0 aromatic heterocycles. The number of benzene rings is 1. The summed E-state index contributed by atoms with van der Waals surface area (Å²) in [6.45, 7) is 7.94. The lowest BCUT2D eigenvalue weighted by Gasteiger charge is -2.25. The van der Waals surface area contributed by atoms with E-state index in [2.05, 4.69) is 13.8 Å². The topological polar surface area (TPSA) is 35.2 Å². The third-order valence-corrected chi connectivity index (χ3v) is 3.36. The van der Waals surface area contributed by atoms with E-state index in [4.69, 9.17) is 22.1 Å². The molecule has 1 unspecified atom stereocenters. The van der Waals surface area contributed by atoms with Crippen LogP contribution in [0.5, 0.6) is 0 Å². The molecule has 0 aliphatic heterocycles. The fourth-order valence-electron chi connectivity index (χ4n) is 1.68. The van der Waals surface area contributed by atoms with Gasteiger partial charge in [-0.2, -0.15) is 0 Å². The predicted molar refractivity (Wildman–Crippen MR) is 77.9 cm³/mol. The van der Waals surface area contributed by atoms with Crippen LogP contribution in [0.2, 0.25) is 5.02 Å². The molecule has 0 radical (unpaired) electrons. The fraction of sp³-hybridized carbons (Fsp3) is 0.600. The van der Waals surface area contributed by atoms with Crippen LogP contribution >= 0.6 is 11.6 Å². The maximum absolute atomic E-state index is 6.31. The van der Waals surface area contributed by atoms with Crippen LogP contribution in [-0.2, 0) is 10.3 Å². The molecule has 0 aliphatic carbocycles. The Morgan fingerprint density at radius 1 is 1.22 bits per heavy atom. The zero-order valence-corrected chi connectivity index (χ0v) is 12.3. The Labute approximate surface area is 115 Å². The molecule has 0 spiro atoms. The first-order chi connectivity index (χ1) is 8.42. The zero-order chi connectivity index (χ0) is 13.6. The average molecular weight is 270 g/mol. The Bertz CT molecular complexity index is 346. The summed E-state index contributed by atoms with van der Waals surface area (Å²) in [6, 6.07) is 7.72. The van der Waals surface area contributed by atoms with Crippen molar-refractivity contribution < 1.29 is 4.74 Å². The monoisotopic (exact) mass is 269 g/mol. The molecule has 2 N–H and O–H groups in total. The van der Waals surface area contributed by atoms with Crippen molar-refractivity contribution in [3.05, 3.63) is 34.9 Å². The molecule has 18 heavy (non-hydrogen) atoms. The normalized spacial score (nSPS) is 14.8. The summed E-state index contributed by atoms with van der Waals surface area (Å²) >= 11 is 5.87. The quantitative estimate of drug-likeness (QED) is 0.761. The standard InChI is InChI=1S/C15H24ClNO/c1-12(2)8-10-18-11-9-15(3,17)13-4-6-14(16)7-5-13/h4-7,12H,8-11,17H2,1-3H3. The highest BCUT2D eigenvalue weighted by atomic mass is 35.5. The van der Waals surface area contributed by atoms with Crippen LogP contribution < -0.4 is 5.73 Å². The number of halogens is 1. The van der Waals surface area contributed by atoms with Crippen molar-refractivity contribution in [3.63, 3.8) is 0 Å². The van der Waals surface area contributed by atoms with Crippen LogP contribution in [0.1, 0.15) is 39.2 Å². The van der Waals surface area contributed by atoms with Gasteiger partial charge in [0.05, 0.1) is 0 Å². The number of hydrogen-bond donors (Lipinski definition) is 1. The van der Waals surface area contributed by atoms with Crippen LogP contribution in [0.15, 0.2) is 24.3 Å². The first kappa shape index (κ1) is 15.5. The number of hydrogen-bond acceptors (Lipinski definition) is 2. The van der Waals surface area contributed by atoms with E-state index in [1.54, 1.807) is 0 Å². The maximum Gasteiger partial charge on any atom is 0.0486 e. The van der Waals surface area contributed by atoms with Crippen molar-refractivity contribution >= 4 is 11.6 Å². The summed E-state index contributed by atoms with van der Waals surface area (Å²) in [5.74, 6) is 0.686. The van der Waals surface area contributed by atoms with Gasteiger partial charge >= 0.3 is 0 Å². The Morgan fingerprint density at radius 2 is 1.83 bits per heavy atom. The second-order valence-corrected chi connectivity index (χ2v) is 5.91. The molecule has 2 nitrogen and oxygen atoms in total. The molecule has 0 fully saturated rings. The van der Waals surface area contributed by atoms with Crippen LogP contribution in [0.4, 0.5) is 0 Å². The van der Waals surface area contributed by atoms with E-state index in [0.29, 0.717) is 12.5 Å². The SMILES string of the molecule is CC(C)CCOCCC(C)(N)c1ccc(Cl)cc1. The maximum atomic E-state index is 6.31. The van der Waals surface area contributed by atoms with Crippen molar-refractivity contribution in [1.82, 2.24) is 0 Å². The highest BCUT2D eigenvalue weighted by Gasteiger charge is 2.20. The molecular formula is C15H24ClNO. The van der Waals surface area contributed by atoms with E-state index in [9.17, 15) is 0 Å². The summed E-state index contributed by atoms with van der Waals surface area (Å²) in [6.07, 6.45) is 1.91. The van der Waals surface area contributed by atoms with Crippen LogP contribution in [0.3, 0.4) is 0 Å². The molecule has 0 amide bonds. The number of ether oxygens (including phenoxy) is 1. The van der Waals surface area contributed by atoms with E-state index >= 15 is 0 Å². The van der Waals surface area contributed by atoms with Gasteiger partial charge in [0, 0.05) is 23.8 Å². The molecule has 0 bridgehead atoms. The van der Waals surface area contributed by atoms with Gasteiger partial charge in [0.15, 0.2) is 0 Å². The molecule has 1 atom stereocenters. The summed E-state index contributed by atoms with van der Waals surface area (Å²) in [7, 11) is 0. The van der Waals surface area contributed by atoms with Gasteiger partial charge in [0.2, 0.25) is 0 Å². The molecule has 1 rings (SSSR count). The van der Waals surface area contributed by atoms with Crippen molar-refractivity contribution in [1.29, 1.82) is 0 Å². The van der Waals surface area contributed by atoms with Gasteiger partial charge in [-0.15, -0.1) is 0 Å². The molecule has 0 saturated carbocycles. The largest absolute Gasteiger partial charge is 0.381 e. The molecule has 3 heteroatoms. The molecule has 1 aromatic carbocycles. The predicted octanol–water partition coefficient (Wildman–Crippen LogP) is 3.97. The van der Waals surface area contributed by atoms with E-state index < -0.39 is 0 Å². The third kappa shape index (κ3) is 5.38.